The van der Waals surface area contributed by atoms with Gasteiger partial charge in [0.15, 0.2) is 5.65 Å². The van der Waals surface area contributed by atoms with E-state index >= 15 is 0 Å². The molecule has 0 spiro atoms. The van der Waals surface area contributed by atoms with Gasteiger partial charge < -0.3 is 15.5 Å². The Morgan fingerprint density at radius 1 is 1.29 bits per heavy atom. The number of H-pyrrole nitrogens is 1. The van der Waals surface area contributed by atoms with E-state index in [1.165, 1.54) is 0 Å². The summed E-state index contributed by atoms with van der Waals surface area (Å²) in [6, 6.07) is 3.81. The van der Waals surface area contributed by atoms with Gasteiger partial charge in [-0.1, -0.05) is 0 Å². The number of nitrogens with two attached hydrogens (primary N) is 1. The minimum atomic E-state index is 0.617. The molecule has 0 aliphatic rings. The first-order valence-corrected chi connectivity index (χ1v) is 6.02. The summed E-state index contributed by atoms with van der Waals surface area (Å²) in [6.45, 7) is 3.29. The number of hydrogen-bond donors (Lipinski definition) is 2. The molecule has 0 saturated heterocycles. The number of nitrogens with zero attached hydrogens (tertiary/aromatic N) is 2. The van der Waals surface area contributed by atoms with Gasteiger partial charge in [0.1, 0.15) is 5.82 Å². The predicted octanol–water partition coefficient (Wildman–Crippen LogP) is 1.64. The number of rotatable bonds is 6. The summed E-state index contributed by atoms with van der Waals surface area (Å²) >= 11 is 0. The maximum Gasteiger partial charge on any atom is 0.215 e. The average molecular weight is 234 g/mol. The van der Waals surface area contributed by atoms with E-state index in [1.54, 1.807) is 0 Å². The third-order valence-electron chi connectivity index (χ3n) is 2.53. The number of aryl methyl sites for hydroxylation is 1. The second kappa shape index (κ2) is 5.63. The molecule has 0 bridgehead atoms. The largest absolute Gasteiger partial charge is 0.478 e. The quantitative estimate of drug-likeness (QED) is 0.745. The average Bonchev–Trinajstić information content (AvgIpc) is 2.72. The monoisotopic (exact) mass is 234 g/mol. The summed E-state index contributed by atoms with van der Waals surface area (Å²) in [5, 5.41) is 0. The van der Waals surface area contributed by atoms with Crippen LogP contribution in [0.15, 0.2) is 12.1 Å². The lowest BCUT2D eigenvalue weighted by Gasteiger charge is -1.99. The van der Waals surface area contributed by atoms with Crippen LogP contribution in [0.2, 0.25) is 0 Å². The number of nitrogens with one attached hydrogen (secondary N) is 1. The zero-order valence-corrected chi connectivity index (χ0v) is 10.1. The molecule has 3 N–H and O–H groups in total. The lowest BCUT2D eigenvalue weighted by atomic mass is 10.2. The van der Waals surface area contributed by atoms with Crippen molar-refractivity contribution in [1.82, 2.24) is 15.0 Å². The molecule has 92 valence electrons. The lowest BCUT2D eigenvalue weighted by molar-refractivity contribution is 0.328. The van der Waals surface area contributed by atoms with Crippen molar-refractivity contribution in [2.45, 2.75) is 26.2 Å². The van der Waals surface area contributed by atoms with Crippen LogP contribution in [-0.4, -0.2) is 28.1 Å². The molecule has 0 radical (unpaired) electrons. The second-order valence-corrected chi connectivity index (χ2v) is 3.88. The molecule has 0 aromatic carbocycles. The molecule has 2 rings (SSSR count). The molecule has 0 fully saturated rings. The van der Waals surface area contributed by atoms with Crippen molar-refractivity contribution in [3.63, 3.8) is 0 Å². The maximum atomic E-state index is 5.46. The number of aromatic nitrogens is 3. The lowest BCUT2D eigenvalue weighted by Crippen LogP contribution is -1.99. The summed E-state index contributed by atoms with van der Waals surface area (Å²) in [6.07, 6.45) is 2.99. The molecule has 0 saturated carbocycles. The predicted molar refractivity (Wildman–Crippen MR) is 67.1 cm³/mol. The molecule has 5 nitrogen and oxygen atoms in total. The standard InChI is InChI=1S/C12H18N4O/c1-2-17-11-7-6-9-12(16-11)15-10(14-9)5-3-4-8-13/h6-7H,2-5,8,13H2,1H3,(H,14,15,16). The maximum absolute atomic E-state index is 5.46. The van der Waals surface area contributed by atoms with Gasteiger partial charge in [-0.05, 0) is 32.4 Å². The molecule has 2 heterocycles. The van der Waals surface area contributed by atoms with Crippen molar-refractivity contribution in [3.05, 3.63) is 18.0 Å². The van der Waals surface area contributed by atoms with Crippen molar-refractivity contribution < 1.29 is 4.74 Å². The Bertz CT molecular complexity index is 480. The van der Waals surface area contributed by atoms with Crippen LogP contribution in [0, 0.1) is 0 Å². The summed E-state index contributed by atoms with van der Waals surface area (Å²) in [5.41, 5.74) is 7.14. The molecular formula is C12H18N4O. The molecule has 0 amide bonds. The van der Waals surface area contributed by atoms with Crippen LogP contribution in [0.25, 0.3) is 11.2 Å². The van der Waals surface area contributed by atoms with Gasteiger partial charge in [0.25, 0.3) is 0 Å². The fourth-order valence-electron chi connectivity index (χ4n) is 1.71. The molecule has 5 heteroatoms. The van der Waals surface area contributed by atoms with Gasteiger partial charge >= 0.3 is 0 Å². The number of pyridine rings is 1. The highest BCUT2D eigenvalue weighted by atomic mass is 16.5. The molecule has 0 atom stereocenters. The van der Waals surface area contributed by atoms with Crippen LogP contribution in [0.1, 0.15) is 25.6 Å². The van der Waals surface area contributed by atoms with E-state index in [9.17, 15) is 0 Å². The van der Waals surface area contributed by atoms with Gasteiger partial charge in [-0.25, -0.2) is 4.98 Å². The topological polar surface area (TPSA) is 76.8 Å². The van der Waals surface area contributed by atoms with Crippen molar-refractivity contribution >= 4 is 11.2 Å². The van der Waals surface area contributed by atoms with E-state index in [2.05, 4.69) is 15.0 Å². The van der Waals surface area contributed by atoms with Crippen molar-refractivity contribution in [2.24, 2.45) is 5.73 Å². The van der Waals surface area contributed by atoms with Crippen LogP contribution in [0.3, 0.4) is 0 Å². The summed E-state index contributed by atoms with van der Waals surface area (Å²) in [4.78, 5) is 12.0. The van der Waals surface area contributed by atoms with Crippen LogP contribution in [0.5, 0.6) is 5.88 Å². The molecule has 2 aromatic heterocycles. The molecular weight excluding hydrogens is 216 g/mol. The summed E-state index contributed by atoms with van der Waals surface area (Å²) in [7, 11) is 0. The zero-order chi connectivity index (χ0) is 12.1. The fraction of sp³-hybridized carbons (Fsp3) is 0.500. The van der Waals surface area contributed by atoms with Gasteiger partial charge in [0, 0.05) is 12.5 Å². The third-order valence-corrected chi connectivity index (χ3v) is 2.53. The summed E-state index contributed by atoms with van der Waals surface area (Å²) < 4.78 is 5.34. The van der Waals surface area contributed by atoms with Gasteiger partial charge in [0.2, 0.25) is 5.88 Å². The Kier molecular flexibility index (Phi) is 3.93. The molecule has 0 aliphatic carbocycles. The van der Waals surface area contributed by atoms with Crippen LogP contribution in [-0.2, 0) is 6.42 Å². The number of imidazole rings is 1. The molecule has 0 unspecified atom stereocenters. The normalized spacial score (nSPS) is 10.9. The van der Waals surface area contributed by atoms with Gasteiger partial charge in [-0.3, -0.25) is 0 Å². The van der Waals surface area contributed by atoms with Crippen LogP contribution in [0.4, 0.5) is 0 Å². The van der Waals surface area contributed by atoms with Gasteiger partial charge in [-0.15, -0.1) is 0 Å². The van der Waals surface area contributed by atoms with E-state index in [0.29, 0.717) is 12.5 Å². The number of ether oxygens (including phenoxy) is 1. The highest BCUT2D eigenvalue weighted by Gasteiger charge is 2.05. The first-order valence-electron chi connectivity index (χ1n) is 6.02. The Morgan fingerprint density at radius 2 is 2.18 bits per heavy atom. The Morgan fingerprint density at radius 3 is 2.94 bits per heavy atom. The van der Waals surface area contributed by atoms with Crippen molar-refractivity contribution in [2.75, 3.05) is 13.2 Å². The van der Waals surface area contributed by atoms with Gasteiger partial charge in [0.05, 0.1) is 12.1 Å². The Hall–Kier alpha value is -1.62. The minimum Gasteiger partial charge on any atom is -0.478 e. The number of fused-ring (bicyclic) bond motifs is 1. The zero-order valence-electron chi connectivity index (χ0n) is 10.1. The van der Waals surface area contributed by atoms with E-state index < -0.39 is 0 Å². The first-order chi connectivity index (χ1) is 8.33. The van der Waals surface area contributed by atoms with E-state index in [4.69, 9.17) is 10.5 Å². The Balaban J connectivity index is 2.12. The fourth-order valence-corrected chi connectivity index (χ4v) is 1.71. The Labute approximate surface area is 100 Å². The van der Waals surface area contributed by atoms with Crippen molar-refractivity contribution in [1.29, 1.82) is 0 Å². The van der Waals surface area contributed by atoms with E-state index in [-0.39, 0.29) is 0 Å². The number of aromatic amines is 1. The highest BCUT2D eigenvalue weighted by molar-refractivity contribution is 5.71. The second-order valence-electron chi connectivity index (χ2n) is 3.88. The smallest absolute Gasteiger partial charge is 0.215 e. The first kappa shape index (κ1) is 11.9. The highest BCUT2D eigenvalue weighted by Crippen LogP contribution is 2.15. The number of unbranched alkanes of at least 4 members (excludes halogenated alkanes) is 1. The minimum absolute atomic E-state index is 0.617. The van der Waals surface area contributed by atoms with Gasteiger partial charge in [-0.2, -0.15) is 4.98 Å². The van der Waals surface area contributed by atoms with Crippen molar-refractivity contribution in [3.8, 4) is 5.88 Å². The number of hydrogen-bond acceptors (Lipinski definition) is 4. The summed E-state index contributed by atoms with van der Waals surface area (Å²) in [5.74, 6) is 1.59. The SMILES string of the molecule is CCOc1ccc2[nH]c(CCCCN)nc2n1. The molecule has 2 aromatic rings. The molecule has 0 aliphatic heterocycles. The van der Waals surface area contributed by atoms with Crippen LogP contribution >= 0.6 is 0 Å². The van der Waals surface area contributed by atoms with Crippen LogP contribution < -0.4 is 10.5 Å². The third kappa shape index (κ3) is 2.94. The van der Waals surface area contributed by atoms with E-state index in [0.717, 1.165) is 42.8 Å². The molecule has 17 heavy (non-hydrogen) atoms. The van der Waals surface area contributed by atoms with E-state index in [1.807, 2.05) is 19.1 Å².